The van der Waals surface area contributed by atoms with E-state index in [0.717, 1.165) is 44.0 Å². The first-order valence-corrected chi connectivity index (χ1v) is 12.3. The van der Waals surface area contributed by atoms with Crippen molar-refractivity contribution in [3.05, 3.63) is 78.4 Å². The lowest BCUT2D eigenvalue weighted by Gasteiger charge is -2.26. The molecular weight excluding hydrogens is 472 g/mol. The Hall–Kier alpha value is -3.82. The van der Waals surface area contributed by atoms with Gasteiger partial charge < -0.3 is 19.5 Å². The summed E-state index contributed by atoms with van der Waals surface area (Å²) in [5, 5.41) is 2.72. The lowest BCUT2D eigenvalue weighted by molar-refractivity contribution is 0.0342. The molecule has 37 heavy (non-hydrogen) atoms. The minimum atomic E-state index is -0.571. The van der Waals surface area contributed by atoms with E-state index >= 15 is 0 Å². The molecule has 1 saturated heterocycles. The Morgan fingerprint density at radius 1 is 1.00 bits per heavy atom. The van der Waals surface area contributed by atoms with Crippen LogP contribution in [0.5, 0.6) is 11.5 Å². The van der Waals surface area contributed by atoms with Gasteiger partial charge >= 0.3 is 6.03 Å². The number of morpholine rings is 1. The summed E-state index contributed by atoms with van der Waals surface area (Å²) in [6.07, 6.45) is 3.23. The number of benzene rings is 2. The maximum absolute atomic E-state index is 13.0. The number of amides is 3. The molecule has 0 bridgehead atoms. The highest BCUT2D eigenvalue weighted by molar-refractivity contribution is 5.99. The van der Waals surface area contributed by atoms with Gasteiger partial charge in [-0.1, -0.05) is 51.3 Å². The second-order valence-electron chi connectivity index (χ2n) is 8.86. The van der Waals surface area contributed by atoms with Gasteiger partial charge in [0, 0.05) is 31.4 Å². The third-order valence-electron chi connectivity index (χ3n) is 5.70. The number of nitrogens with zero attached hydrogens (tertiary/aromatic N) is 1. The normalized spacial score (nSPS) is 13.5. The molecular formula is C28H36N4O5. The van der Waals surface area contributed by atoms with Gasteiger partial charge in [-0.15, -0.1) is 0 Å². The molecule has 0 aromatic heterocycles. The second-order valence-corrected chi connectivity index (χ2v) is 8.86. The number of rotatable bonds is 11. The third-order valence-corrected chi connectivity index (χ3v) is 5.70. The molecule has 0 saturated carbocycles. The topological polar surface area (TPSA) is 101 Å². The van der Waals surface area contributed by atoms with Crippen LogP contribution in [0.1, 0.15) is 41.3 Å². The van der Waals surface area contributed by atoms with Crippen molar-refractivity contribution in [3.63, 3.8) is 0 Å². The minimum Gasteiger partial charge on any atom is -0.489 e. The smallest absolute Gasteiger partial charge is 0.337 e. The van der Waals surface area contributed by atoms with Crippen molar-refractivity contribution < 1.29 is 23.8 Å². The van der Waals surface area contributed by atoms with Crippen LogP contribution in [-0.2, 0) is 11.3 Å². The van der Waals surface area contributed by atoms with E-state index in [4.69, 9.17) is 14.2 Å². The predicted octanol–water partition coefficient (Wildman–Crippen LogP) is 4.24. The van der Waals surface area contributed by atoms with Crippen molar-refractivity contribution in [2.45, 2.75) is 26.3 Å². The van der Waals surface area contributed by atoms with E-state index in [9.17, 15) is 9.59 Å². The van der Waals surface area contributed by atoms with Gasteiger partial charge in [-0.05, 0) is 35.2 Å². The van der Waals surface area contributed by atoms with Crippen molar-refractivity contribution in [1.82, 2.24) is 15.8 Å². The molecule has 198 valence electrons. The first kappa shape index (κ1) is 27.8. The van der Waals surface area contributed by atoms with Gasteiger partial charge in [-0.25, -0.2) is 10.2 Å². The molecule has 0 aliphatic carbocycles. The molecule has 3 N–H and O–H groups in total. The number of hydrogen-bond donors (Lipinski definition) is 3. The number of ether oxygens (including phenoxy) is 3. The fourth-order valence-electron chi connectivity index (χ4n) is 3.80. The van der Waals surface area contributed by atoms with Gasteiger partial charge in [-0.2, -0.15) is 0 Å². The standard InChI is InChI=1S/C28H36N4O5/c1-5-13-36-25-18-26(37-14-6-2)24(17-23(25)20(3)4)27(33)30-31-28(34)29-22-9-7-21(8-10-22)19-32-11-15-35-16-12-32/h5-10,17-18,20H,1-2,11-16,19H2,3-4H3,(H,30,33)(H2,29,31,34). The largest absolute Gasteiger partial charge is 0.489 e. The van der Waals surface area contributed by atoms with E-state index in [1.165, 1.54) is 0 Å². The van der Waals surface area contributed by atoms with Crippen molar-refractivity contribution >= 4 is 17.6 Å². The molecule has 1 aliphatic rings. The van der Waals surface area contributed by atoms with Crippen LogP contribution in [-0.4, -0.2) is 56.4 Å². The Morgan fingerprint density at radius 3 is 2.27 bits per heavy atom. The second kappa shape index (κ2) is 14.1. The third kappa shape index (κ3) is 8.37. The lowest BCUT2D eigenvalue weighted by Crippen LogP contribution is -2.44. The summed E-state index contributed by atoms with van der Waals surface area (Å²) in [4.78, 5) is 27.7. The molecule has 9 nitrogen and oxygen atoms in total. The van der Waals surface area contributed by atoms with E-state index in [-0.39, 0.29) is 18.1 Å². The molecule has 0 spiro atoms. The molecule has 0 radical (unpaired) electrons. The molecule has 2 aromatic rings. The van der Waals surface area contributed by atoms with Crippen LogP contribution in [0.25, 0.3) is 0 Å². The first-order chi connectivity index (χ1) is 17.9. The predicted molar refractivity (Wildman–Crippen MR) is 144 cm³/mol. The highest BCUT2D eigenvalue weighted by Gasteiger charge is 2.20. The Balaban J connectivity index is 1.62. The fraction of sp³-hybridized carbons (Fsp3) is 0.357. The Morgan fingerprint density at radius 2 is 1.65 bits per heavy atom. The van der Waals surface area contributed by atoms with Crippen LogP contribution >= 0.6 is 0 Å². The summed E-state index contributed by atoms with van der Waals surface area (Å²) in [6, 6.07) is 10.4. The monoisotopic (exact) mass is 508 g/mol. The summed E-state index contributed by atoms with van der Waals surface area (Å²) >= 11 is 0. The van der Waals surface area contributed by atoms with Crippen molar-refractivity contribution in [3.8, 4) is 11.5 Å². The van der Waals surface area contributed by atoms with Gasteiger partial charge in [0.05, 0.1) is 18.8 Å². The zero-order valence-electron chi connectivity index (χ0n) is 21.5. The fourth-order valence-corrected chi connectivity index (χ4v) is 3.80. The number of hydrogen-bond acceptors (Lipinski definition) is 6. The summed E-state index contributed by atoms with van der Waals surface area (Å²) in [7, 11) is 0. The van der Waals surface area contributed by atoms with Gasteiger partial charge in [0.25, 0.3) is 5.91 Å². The summed E-state index contributed by atoms with van der Waals surface area (Å²) < 4.78 is 16.9. The van der Waals surface area contributed by atoms with Crippen molar-refractivity contribution in [2.24, 2.45) is 0 Å². The average Bonchev–Trinajstić information content (AvgIpc) is 2.90. The van der Waals surface area contributed by atoms with Gasteiger partial charge in [0.2, 0.25) is 0 Å². The highest BCUT2D eigenvalue weighted by atomic mass is 16.5. The quantitative estimate of drug-likeness (QED) is 0.310. The number of urea groups is 1. The number of anilines is 1. The molecule has 3 amide bonds. The lowest BCUT2D eigenvalue weighted by atomic mass is 9.98. The zero-order chi connectivity index (χ0) is 26.6. The van der Waals surface area contributed by atoms with Crippen LogP contribution in [0, 0.1) is 0 Å². The van der Waals surface area contributed by atoms with Crippen LogP contribution in [0.3, 0.4) is 0 Å². The molecule has 1 aliphatic heterocycles. The van der Waals surface area contributed by atoms with Crippen LogP contribution in [0.4, 0.5) is 10.5 Å². The average molecular weight is 509 g/mol. The van der Waals surface area contributed by atoms with E-state index in [0.29, 0.717) is 23.8 Å². The van der Waals surface area contributed by atoms with Gasteiger partial charge in [0.15, 0.2) is 0 Å². The number of carbonyl (C=O) groups excluding carboxylic acids is 2. The Bertz CT molecular complexity index is 1080. The van der Waals surface area contributed by atoms with Gasteiger partial charge in [0.1, 0.15) is 24.7 Å². The molecule has 1 fully saturated rings. The van der Waals surface area contributed by atoms with E-state index < -0.39 is 11.9 Å². The summed E-state index contributed by atoms with van der Waals surface area (Å²) in [5.74, 6) is 0.488. The van der Waals surface area contributed by atoms with E-state index in [1.807, 2.05) is 38.1 Å². The number of nitrogens with one attached hydrogen (secondary N) is 3. The molecule has 0 unspecified atom stereocenters. The van der Waals surface area contributed by atoms with E-state index in [1.54, 1.807) is 24.3 Å². The van der Waals surface area contributed by atoms with Crippen LogP contribution in [0.2, 0.25) is 0 Å². The maximum atomic E-state index is 13.0. The minimum absolute atomic E-state index is 0.0855. The highest BCUT2D eigenvalue weighted by Crippen LogP contribution is 2.34. The molecule has 0 atom stereocenters. The SMILES string of the molecule is C=CCOc1cc(OCC=C)c(C(C)C)cc1C(=O)NNC(=O)Nc1ccc(CN2CCOCC2)cc1. The van der Waals surface area contributed by atoms with Crippen molar-refractivity contribution in [2.75, 3.05) is 44.8 Å². The zero-order valence-corrected chi connectivity index (χ0v) is 21.5. The molecule has 3 rings (SSSR count). The van der Waals surface area contributed by atoms with Crippen LogP contribution < -0.4 is 25.6 Å². The molecule has 9 heteroatoms. The Labute approximate surface area is 218 Å². The van der Waals surface area contributed by atoms with Crippen molar-refractivity contribution in [1.29, 1.82) is 0 Å². The summed E-state index contributed by atoms with van der Waals surface area (Å²) in [5.41, 5.74) is 7.70. The van der Waals surface area contributed by atoms with Crippen LogP contribution in [0.15, 0.2) is 61.7 Å². The molecule has 1 heterocycles. The molecule has 2 aromatic carbocycles. The first-order valence-electron chi connectivity index (χ1n) is 12.3. The Kier molecular flexibility index (Phi) is 10.5. The van der Waals surface area contributed by atoms with Gasteiger partial charge in [-0.3, -0.25) is 15.1 Å². The maximum Gasteiger partial charge on any atom is 0.337 e. The van der Waals surface area contributed by atoms with E-state index in [2.05, 4.69) is 34.2 Å². The summed E-state index contributed by atoms with van der Waals surface area (Å²) in [6.45, 7) is 16.0. The number of hydrazine groups is 1. The number of carbonyl (C=O) groups is 2.